The van der Waals surface area contributed by atoms with Crippen LogP contribution >= 0.6 is 0 Å². The fraction of sp³-hybridized carbons (Fsp3) is 0.938. The van der Waals surface area contributed by atoms with Crippen LogP contribution in [-0.2, 0) is 14.2 Å². The second-order valence-corrected chi connectivity index (χ2v) is 7.42. The lowest BCUT2D eigenvalue weighted by molar-refractivity contribution is -0.0535. The molecule has 21 heavy (non-hydrogen) atoms. The van der Waals surface area contributed by atoms with Crippen LogP contribution < -0.4 is 0 Å². The first-order valence-electron chi connectivity index (χ1n) is 7.81. The number of nitrogens with zero attached hydrogens (tertiary/aromatic N) is 1. The molecule has 0 spiro atoms. The van der Waals surface area contributed by atoms with Gasteiger partial charge in [0.15, 0.2) is 0 Å². The molecule has 1 fully saturated rings. The summed E-state index contributed by atoms with van der Waals surface area (Å²) in [4.78, 5) is 13.7. The van der Waals surface area contributed by atoms with E-state index in [1.54, 1.807) is 4.90 Å². The highest BCUT2D eigenvalue weighted by atomic mass is 16.6. The zero-order valence-corrected chi connectivity index (χ0v) is 14.4. The van der Waals surface area contributed by atoms with Gasteiger partial charge in [0.1, 0.15) is 5.60 Å². The van der Waals surface area contributed by atoms with Gasteiger partial charge in [0.05, 0.1) is 25.4 Å². The second kappa shape index (κ2) is 7.45. The highest BCUT2D eigenvalue weighted by Crippen LogP contribution is 2.26. The minimum atomic E-state index is -0.457. The van der Waals surface area contributed by atoms with Crippen LogP contribution in [0, 0.1) is 5.92 Å². The van der Waals surface area contributed by atoms with E-state index < -0.39 is 5.60 Å². The van der Waals surface area contributed by atoms with Gasteiger partial charge in [-0.05, 0) is 40.0 Å². The smallest absolute Gasteiger partial charge is 0.410 e. The maximum absolute atomic E-state index is 12.0. The van der Waals surface area contributed by atoms with E-state index in [0.717, 1.165) is 13.0 Å². The van der Waals surface area contributed by atoms with Crippen molar-refractivity contribution in [3.63, 3.8) is 0 Å². The molecule has 0 N–H and O–H groups in total. The fourth-order valence-corrected chi connectivity index (χ4v) is 2.20. The molecule has 5 heteroatoms. The summed E-state index contributed by atoms with van der Waals surface area (Å²) < 4.78 is 16.8. The van der Waals surface area contributed by atoms with Gasteiger partial charge in [0, 0.05) is 13.2 Å². The van der Waals surface area contributed by atoms with E-state index >= 15 is 0 Å². The highest BCUT2D eigenvalue weighted by molar-refractivity contribution is 5.68. The Bertz CT molecular complexity index is 338. The molecule has 1 unspecified atom stereocenters. The zero-order valence-electron chi connectivity index (χ0n) is 14.4. The SMILES string of the molecule is CC(C)COCCOC1(C)CCN(C(=O)OC(C)(C)C)C1. The molecule has 0 aromatic carbocycles. The van der Waals surface area contributed by atoms with Gasteiger partial charge in [0.2, 0.25) is 0 Å². The molecule has 0 saturated carbocycles. The Balaban J connectivity index is 2.29. The quantitative estimate of drug-likeness (QED) is 0.707. The van der Waals surface area contributed by atoms with E-state index in [1.165, 1.54) is 0 Å². The van der Waals surface area contributed by atoms with Crippen molar-refractivity contribution >= 4 is 6.09 Å². The van der Waals surface area contributed by atoms with Gasteiger partial charge in [-0.2, -0.15) is 0 Å². The summed E-state index contributed by atoms with van der Waals surface area (Å²) in [6.45, 7) is 15.1. The molecule has 1 aliphatic rings. The van der Waals surface area contributed by atoms with Crippen molar-refractivity contribution in [1.82, 2.24) is 4.90 Å². The second-order valence-electron chi connectivity index (χ2n) is 7.42. The molecule has 0 radical (unpaired) electrons. The van der Waals surface area contributed by atoms with Gasteiger partial charge >= 0.3 is 6.09 Å². The first-order chi connectivity index (χ1) is 9.61. The van der Waals surface area contributed by atoms with Gasteiger partial charge in [-0.25, -0.2) is 4.79 Å². The Morgan fingerprint density at radius 1 is 1.29 bits per heavy atom. The average Bonchev–Trinajstić information content (AvgIpc) is 2.69. The van der Waals surface area contributed by atoms with E-state index in [9.17, 15) is 4.79 Å². The Morgan fingerprint density at radius 3 is 2.52 bits per heavy atom. The predicted molar refractivity (Wildman–Crippen MR) is 82.4 cm³/mol. The van der Waals surface area contributed by atoms with Crippen LogP contribution in [0.4, 0.5) is 4.79 Å². The van der Waals surface area contributed by atoms with Gasteiger partial charge in [-0.1, -0.05) is 13.8 Å². The summed E-state index contributed by atoms with van der Waals surface area (Å²) in [7, 11) is 0. The molecule has 0 bridgehead atoms. The number of hydrogen-bond acceptors (Lipinski definition) is 4. The molecule has 1 heterocycles. The molecule has 0 aromatic rings. The normalized spacial score (nSPS) is 22.9. The third kappa shape index (κ3) is 7.14. The lowest BCUT2D eigenvalue weighted by Gasteiger charge is -2.27. The average molecular weight is 301 g/mol. The molecule has 1 atom stereocenters. The molecular weight excluding hydrogens is 270 g/mol. The molecule has 0 aliphatic carbocycles. The Kier molecular flexibility index (Phi) is 6.47. The molecule has 0 aromatic heterocycles. The number of hydrogen-bond donors (Lipinski definition) is 0. The number of likely N-dealkylation sites (tertiary alicyclic amines) is 1. The predicted octanol–water partition coefficient (Wildman–Crippen LogP) is 3.08. The van der Waals surface area contributed by atoms with Crippen LogP contribution in [0.3, 0.4) is 0 Å². The van der Waals surface area contributed by atoms with E-state index in [2.05, 4.69) is 13.8 Å². The maximum atomic E-state index is 12.0. The van der Waals surface area contributed by atoms with Crippen LogP contribution in [0.1, 0.15) is 48.0 Å². The third-order valence-electron chi connectivity index (χ3n) is 3.22. The molecule has 1 saturated heterocycles. The van der Waals surface area contributed by atoms with Gasteiger partial charge in [-0.15, -0.1) is 0 Å². The minimum Gasteiger partial charge on any atom is -0.444 e. The summed E-state index contributed by atoms with van der Waals surface area (Å²) in [6, 6.07) is 0. The summed E-state index contributed by atoms with van der Waals surface area (Å²) in [6.07, 6.45) is 0.571. The van der Waals surface area contributed by atoms with E-state index in [1.807, 2.05) is 27.7 Å². The summed E-state index contributed by atoms with van der Waals surface area (Å²) in [5, 5.41) is 0. The summed E-state index contributed by atoms with van der Waals surface area (Å²) >= 11 is 0. The van der Waals surface area contributed by atoms with Crippen LogP contribution in [0.2, 0.25) is 0 Å². The largest absolute Gasteiger partial charge is 0.444 e. The van der Waals surface area contributed by atoms with E-state index in [4.69, 9.17) is 14.2 Å². The molecule has 5 nitrogen and oxygen atoms in total. The van der Waals surface area contributed by atoms with E-state index in [0.29, 0.717) is 32.2 Å². The Morgan fingerprint density at radius 2 is 1.95 bits per heavy atom. The molecule has 1 rings (SSSR count). The van der Waals surface area contributed by atoms with Crippen LogP contribution in [-0.4, -0.2) is 55.1 Å². The Hall–Kier alpha value is -0.810. The van der Waals surface area contributed by atoms with Crippen molar-refractivity contribution in [1.29, 1.82) is 0 Å². The fourth-order valence-electron chi connectivity index (χ4n) is 2.20. The van der Waals surface area contributed by atoms with Crippen molar-refractivity contribution in [2.24, 2.45) is 5.92 Å². The number of rotatable bonds is 6. The van der Waals surface area contributed by atoms with Crippen LogP contribution in [0.25, 0.3) is 0 Å². The number of amides is 1. The van der Waals surface area contributed by atoms with Gasteiger partial charge < -0.3 is 19.1 Å². The third-order valence-corrected chi connectivity index (χ3v) is 3.22. The Labute approximate surface area is 128 Å². The van der Waals surface area contributed by atoms with Gasteiger partial charge in [0.25, 0.3) is 0 Å². The lowest BCUT2D eigenvalue weighted by Crippen LogP contribution is -2.39. The zero-order chi connectivity index (χ0) is 16.1. The van der Waals surface area contributed by atoms with Gasteiger partial charge in [-0.3, -0.25) is 0 Å². The first kappa shape index (κ1) is 18.2. The van der Waals surface area contributed by atoms with Crippen molar-refractivity contribution in [3.05, 3.63) is 0 Å². The molecule has 1 aliphatic heterocycles. The highest BCUT2D eigenvalue weighted by Gasteiger charge is 2.38. The van der Waals surface area contributed by atoms with Crippen molar-refractivity contribution in [2.75, 3.05) is 32.9 Å². The van der Waals surface area contributed by atoms with Crippen LogP contribution in [0.15, 0.2) is 0 Å². The first-order valence-corrected chi connectivity index (χ1v) is 7.81. The molecule has 1 amide bonds. The van der Waals surface area contributed by atoms with Crippen molar-refractivity contribution < 1.29 is 19.0 Å². The lowest BCUT2D eigenvalue weighted by atomic mass is 10.1. The monoisotopic (exact) mass is 301 g/mol. The van der Waals surface area contributed by atoms with Crippen LogP contribution in [0.5, 0.6) is 0 Å². The van der Waals surface area contributed by atoms with Crippen molar-refractivity contribution in [3.8, 4) is 0 Å². The standard InChI is InChI=1S/C16H31NO4/c1-13(2)11-19-9-10-20-16(6)7-8-17(12-16)14(18)21-15(3,4)5/h13H,7-12H2,1-6H3. The number of carbonyl (C=O) groups is 1. The summed E-state index contributed by atoms with van der Waals surface area (Å²) in [5.74, 6) is 0.537. The molecule has 124 valence electrons. The topological polar surface area (TPSA) is 48.0 Å². The minimum absolute atomic E-state index is 0.258. The molecular formula is C16H31NO4. The number of carbonyl (C=O) groups excluding carboxylic acids is 1. The summed E-state index contributed by atoms with van der Waals surface area (Å²) in [5.41, 5.74) is -0.750. The van der Waals surface area contributed by atoms with Crippen molar-refractivity contribution in [2.45, 2.75) is 59.2 Å². The maximum Gasteiger partial charge on any atom is 0.410 e. The number of ether oxygens (including phenoxy) is 3. The van der Waals surface area contributed by atoms with E-state index in [-0.39, 0.29) is 11.7 Å².